The Balaban J connectivity index is 1.98. The third-order valence-corrected chi connectivity index (χ3v) is 6.10. The lowest BCUT2D eigenvalue weighted by molar-refractivity contribution is -0.136. The van der Waals surface area contributed by atoms with Gasteiger partial charge in [-0.3, -0.25) is 9.59 Å². The number of ketones is 1. The molecule has 0 N–H and O–H groups in total. The van der Waals surface area contributed by atoms with Crippen LogP contribution in [-0.4, -0.2) is 66.4 Å². The molecule has 1 unspecified atom stereocenters. The van der Waals surface area contributed by atoms with Crippen molar-refractivity contribution in [3.8, 4) is 0 Å². The SMILES string of the molecule is Cc1cc(C)c(C2C(=O)N(C)C3(CCN(N(C)C)CC3)C2=O)c(C)c1. The Morgan fingerprint density at radius 2 is 1.56 bits per heavy atom. The summed E-state index contributed by atoms with van der Waals surface area (Å²) in [5.41, 5.74) is 3.53. The van der Waals surface area contributed by atoms with Gasteiger partial charge >= 0.3 is 0 Å². The van der Waals surface area contributed by atoms with Gasteiger partial charge in [-0.1, -0.05) is 17.7 Å². The van der Waals surface area contributed by atoms with Crippen LogP contribution in [0.15, 0.2) is 12.1 Å². The topological polar surface area (TPSA) is 43.9 Å². The smallest absolute Gasteiger partial charge is 0.238 e. The van der Waals surface area contributed by atoms with Gasteiger partial charge in [-0.2, -0.15) is 0 Å². The summed E-state index contributed by atoms with van der Waals surface area (Å²) >= 11 is 0. The summed E-state index contributed by atoms with van der Waals surface area (Å²) in [6.07, 6.45) is 1.40. The molecular weight excluding hydrogens is 314 g/mol. The Labute approximate surface area is 150 Å². The highest BCUT2D eigenvalue weighted by molar-refractivity contribution is 6.17. The quantitative estimate of drug-likeness (QED) is 0.771. The average molecular weight is 343 g/mol. The Morgan fingerprint density at radius 1 is 1.04 bits per heavy atom. The van der Waals surface area contributed by atoms with E-state index in [0.717, 1.165) is 29.8 Å². The fourth-order valence-corrected chi connectivity index (χ4v) is 4.70. The van der Waals surface area contributed by atoms with Crippen LogP contribution >= 0.6 is 0 Å². The molecule has 25 heavy (non-hydrogen) atoms. The van der Waals surface area contributed by atoms with E-state index in [1.807, 2.05) is 41.9 Å². The molecule has 1 spiro atoms. The van der Waals surface area contributed by atoms with Gasteiger partial charge in [-0.05, 0) is 50.3 Å². The number of hydrogen-bond acceptors (Lipinski definition) is 4. The van der Waals surface area contributed by atoms with E-state index in [-0.39, 0.29) is 11.7 Å². The van der Waals surface area contributed by atoms with Crippen LogP contribution in [0.4, 0.5) is 0 Å². The first kappa shape index (κ1) is 18.1. The zero-order chi connectivity index (χ0) is 18.5. The summed E-state index contributed by atoms with van der Waals surface area (Å²) < 4.78 is 0. The number of aryl methyl sites for hydroxylation is 3. The number of rotatable bonds is 2. The van der Waals surface area contributed by atoms with Crippen LogP contribution in [0.5, 0.6) is 0 Å². The number of amides is 1. The number of likely N-dealkylation sites (N-methyl/N-ethyl adjacent to an activating group) is 1. The number of carbonyl (C=O) groups is 2. The number of hydrazine groups is 1. The fraction of sp³-hybridized carbons (Fsp3) is 0.600. The van der Waals surface area contributed by atoms with Gasteiger partial charge in [0.2, 0.25) is 5.91 Å². The predicted molar refractivity (Wildman–Crippen MR) is 98.4 cm³/mol. The normalized spacial score (nSPS) is 24.0. The second kappa shape index (κ2) is 6.22. The van der Waals surface area contributed by atoms with Crippen molar-refractivity contribution in [2.75, 3.05) is 34.2 Å². The number of Topliss-reactive ketones (excluding diaryl/α,β-unsaturated/α-hetero) is 1. The van der Waals surface area contributed by atoms with E-state index in [9.17, 15) is 9.59 Å². The first-order valence-electron chi connectivity index (χ1n) is 9.01. The molecule has 136 valence electrons. The van der Waals surface area contributed by atoms with Gasteiger partial charge in [0.15, 0.2) is 5.78 Å². The van der Waals surface area contributed by atoms with E-state index in [0.29, 0.717) is 12.8 Å². The number of piperidine rings is 1. The standard InChI is InChI=1S/C20H29N3O2/c1-13-11-14(2)16(15(3)12-13)17-18(24)20(22(6)19(17)25)7-9-23(10-8-20)21(4)5/h11-12,17H,7-10H2,1-6H3. The number of benzene rings is 1. The molecule has 1 aromatic rings. The largest absolute Gasteiger partial charge is 0.332 e. The number of carbonyl (C=O) groups excluding carboxylic acids is 2. The van der Waals surface area contributed by atoms with Gasteiger partial charge < -0.3 is 4.90 Å². The third kappa shape index (κ3) is 2.70. The first-order valence-corrected chi connectivity index (χ1v) is 9.01. The van der Waals surface area contributed by atoms with Crippen molar-refractivity contribution in [2.24, 2.45) is 0 Å². The molecule has 2 aliphatic rings. The lowest BCUT2D eigenvalue weighted by Crippen LogP contribution is -2.57. The Morgan fingerprint density at radius 3 is 2.04 bits per heavy atom. The summed E-state index contributed by atoms with van der Waals surface area (Å²) in [5.74, 6) is -0.594. The average Bonchev–Trinajstić information content (AvgIpc) is 2.71. The van der Waals surface area contributed by atoms with Crippen molar-refractivity contribution in [1.29, 1.82) is 0 Å². The zero-order valence-electron chi connectivity index (χ0n) is 16.2. The Bertz CT molecular complexity index is 695. The molecule has 2 saturated heterocycles. The van der Waals surface area contributed by atoms with Crippen LogP contribution in [0, 0.1) is 20.8 Å². The molecule has 5 nitrogen and oxygen atoms in total. The molecule has 1 aromatic carbocycles. The van der Waals surface area contributed by atoms with Gasteiger partial charge in [0.25, 0.3) is 0 Å². The summed E-state index contributed by atoms with van der Waals surface area (Å²) in [6.45, 7) is 7.67. The van der Waals surface area contributed by atoms with Crippen molar-refractivity contribution in [3.05, 3.63) is 34.4 Å². The molecule has 5 heteroatoms. The molecule has 0 aliphatic carbocycles. The molecule has 2 heterocycles. The maximum absolute atomic E-state index is 13.5. The number of hydrogen-bond donors (Lipinski definition) is 0. The van der Waals surface area contributed by atoms with Crippen molar-refractivity contribution in [1.82, 2.24) is 14.9 Å². The van der Waals surface area contributed by atoms with Crippen molar-refractivity contribution < 1.29 is 9.59 Å². The molecule has 1 atom stereocenters. The van der Waals surface area contributed by atoms with Crippen LogP contribution in [0.3, 0.4) is 0 Å². The lowest BCUT2D eigenvalue weighted by Gasteiger charge is -2.43. The van der Waals surface area contributed by atoms with E-state index >= 15 is 0 Å². The minimum atomic E-state index is -0.642. The summed E-state index contributed by atoms with van der Waals surface area (Å²) in [6, 6.07) is 4.14. The molecule has 1 amide bonds. The second-order valence-electron chi connectivity index (χ2n) is 7.84. The van der Waals surface area contributed by atoms with Gasteiger partial charge in [0.05, 0.1) is 0 Å². The number of nitrogens with zero attached hydrogens (tertiary/aromatic N) is 3. The highest BCUT2D eigenvalue weighted by atomic mass is 16.2. The molecule has 2 aliphatic heterocycles. The molecular formula is C20H29N3O2. The van der Waals surface area contributed by atoms with E-state index in [1.54, 1.807) is 4.90 Å². The van der Waals surface area contributed by atoms with Gasteiger partial charge in [0, 0.05) is 34.2 Å². The summed E-state index contributed by atoms with van der Waals surface area (Å²) in [4.78, 5) is 28.3. The monoisotopic (exact) mass is 343 g/mol. The molecule has 0 saturated carbocycles. The van der Waals surface area contributed by atoms with Crippen molar-refractivity contribution in [3.63, 3.8) is 0 Å². The molecule has 2 fully saturated rings. The minimum absolute atomic E-state index is 0.0432. The van der Waals surface area contributed by atoms with Crippen LogP contribution < -0.4 is 0 Å². The van der Waals surface area contributed by atoms with E-state index in [1.165, 1.54) is 5.56 Å². The second-order valence-corrected chi connectivity index (χ2v) is 7.84. The van der Waals surface area contributed by atoms with Gasteiger partial charge in [-0.15, -0.1) is 0 Å². The third-order valence-electron chi connectivity index (χ3n) is 6.10. The molecule has 0 aromatic heterocycles. The maximum Gasteiger partial charge on any atom is 0.238 e. The van der Waals surface area contributed by atoms with Crippen LogP contribution in [0.2, 0.25) is 0 Å². The summed E-state index contributed by atoms with van der Waals surface area (Å²) in [7, 11) is 5.85. The minimum Gasteiger partial charge on any atom is -0.332 e. The van der Waals surface area contributed by atoms with Gasteiger partial charge in [-0.25, -0.2) is 10.0 Å². The fourth-order valence-electron chi connectivity index (χ4n) is 4.70. The molecule has 3 rings (SSSR count). The molecule has 0 radical (unpaired) electrons. The van der Waals surface area contributed by atoms with Gasteiger partial charge in [0.1, 0.15) is 11.5 Å². The van der Waals surface area contributed by atoms with E-state index in [4.69, 9.17) is 0 Å². The summed E-state index contributed by atoms with van der Waals surface area (Å²) in [5, 5.41) is 4.30. The lowest BCUT2D eigenvalue weighted by atomic mass is 9.78. The highest BCUT2D eigenvalue weighted by Crippen LogP contribution is 2.43. The predicted octanol–water partition coefficient (Wildman–Crippen LogP) is 2.05. The van der Waals surface area contributed by atoms with E-state index in [2.05, 4.69) is 22.2 Å². The molecule has 0 bridgehead atoms. The van der Waals surface area contributed by atoms with Crippen LogP contribution in [-0.2, 0) is 9.59 Å². The van der Waals surface area contributed by atoms with E-state index < -0.39 is 11.5 Å². The van der Waals surface area contributed by atoms with Crippen molar-refractivity contribution in [2.45, 2.75) is 45.1 Å². The van der Waals surface area contributed by atoms with Crippen molar-refractivity contribution >= 4 is 11.7 Å². The van der Waals surface area contributed by atoms with Crippen LogP contribution in [0.1, 0.15) is 41.0 Å². The van der Waals surface area contributed by atoms with Crippen LogP contribution in [0.25, 0.3) is 0 Å². The maximum atomic E-state index is 13.5. The Kier molecular flexibility index (Phi) is 4.50. The first-order chi connectivity index (χ1) is 11.7. The zero-order valence-corrected chi connectivity index (χ0v) is 16.2. The Hall–Kier alpha value is -1.72. The highest BCUT2D eigenvalue weighted by Gasteiger charge is 2.58. The number of likely N-dealkylation sites (tertiary alicyclic amines) is 1.